The third-order valence-corrected chi connectivity index (χ3v) is 6.60. The number of halogens is 2. The van der Waals surface area contributed by atoms with E-state index in [2.05, 4.69) is 10.0 Å². The predicted molar refractivity (Wildman–Crippen MR) is 116 cm³/mol. The summed E-state index contributed by atoms with van der Waals surface area (Å²) in [6, 6.07) is 12.0. The van der Waals surface area contributed by atoms with Gasteiger partial charge in [-0.1, -0.05) is 41.4 Å². The summed E-state index contributed by atoms with van der Waals surface area (Å²) in [6.45, 7) is 0.392. The van der Waals surface area contributed by atoms with Crippen LogP contribution in [0.1, 0.15) is 19.3 Å². The highest BCUT2D eigenvalue weighted by molar-refractivity contribution is 7.89. The lowest BCUT2D eigenvalue weighted by Gasteiger charge is -2.24. The summed E-state index contributed by atoms with van der Waals surface area (Å²) in [7, 11) is -3.68. The molecular formula is C20H21Cl2N3O4S. The van der Waals surface area contributed by atoms with Crippen molar-refractivity contribution in [3.05, 3.63) is 58.6 Å². The lowest BCUT2D eigenvalue weighted by Crippen LogP contribution is -2.44. The van der Waals surface area contributed by atoms with Crippen LogP contribution < -0.4 is 10.0 Å². The molecule has 2 amide bonds. The summed E-state index contributed by atoms with van der Waals surface area (Å²) in [4.78, 5) is 26.9. The van der Waals surface area contributed by atoms with Gasteiger partial charge in [-0.15, -0.1) is 0 Å². The van der Waals surface area contributed by atoms with E-state index in [9.17, 15) is 18.0 Å². The number of sulfonamides is 1. The molecule has 1 heterocycles. The summed E-state index contributed by atoms with van der Waals surface area (Å²) in [5.41, 5.74) is 0.451. The Morgan fingerprint density at radius 2 is 1.73 bits per heavy atom. The minimum Gasteiger partial charge on any atom is -0.331 e. The van der Waals surface area contributed by atoms with Gasteiger partial charge in [-0.05, 0) is 43.2 Å². The molecule has 2 aromatic rings. The lowest BCUT2D eigenvalue weighted by molar-refractivity contribution is -0.136. The number of nitrogens with zero attached hydrogens (tertiary/aromatic N) is 1. The standard InChI is InChI=1S/C20H21Cl2N3O4S/c21-14-11-15(22)13-16(12-14)24-20(27)18-7-4-10-25(18)19(26)8-9-23-30(28,29)17-5-2-1-3-6-17/h1-3,5-6,11-13,18,23H,4,7-10H2,(H,24,27). The Bertz CT molecular complexity index is 1010. The number of rotatable bonds is 7. The molecule has 0 saturated carbocycles. The molecule has 2 aromatic carbocycles. The maximum absolute atomic E-state index is 12.7. The van der Waals surface area contributed by atoms with Gasteiger partial charge in [0.2, 0.25) is 21.8 Å². The molecule has 160 valence electrons. The van der Waals surface area contributed by atoms with Crippen LogP contribution >= 0.6 is 23.2 Å². The molecule has 2 N–H and O–H groups in total. The van der Waals surface area contributed by atoms with Gasteiger partial charge in [0.05, 0.1) is 4.90 Å². The molecule has 0 aromatic heterocycles. The van der Waals surface area contributed by atoms with Gasteiger partial charge < -0.3 is 10.2 Å². The predicted octanol–water partition coefficient (Wildman–Crippen LogP) is 3.29. The quantitative estimate of drug-likeness (QED) is 0.649. The van der Waals surface area contributed by atoms with Gasteiger partial charge in [0.1, 0.15) is 6.04 Å². The Morgan fingerprint density at radius 3 is 2.40 bits per heavy atom. The van der Waals surface area contributed by atoms with Crippen LogP contribution in [-0.4, -0.2) is 44.3 Å². The minimum absolute atomic E-state index is 0.0428. The zero-order valence-corrected chi connectivity index (χ0v) is 18.3. The van der Waals surface area contributed by atoms with Crippen molar-refractivity contribution in [1.29, 1.82) is 0 Å². The van der Waals surface area contributed by atoms with Crippen LogP contribution in [0.4, 0.5) is 5.69 Å². The minimum atomic E-state index is -3.68. The molecule has 10 heteroatoms. The highest BCUT2D eigenvalue weighted by Gasteiger charge is 2.34. The molecular weight excluding hydrogens is 449 g/mol. The number of hydrogen-bond acceptors (Lipinski definition) is 4. The van der Waals surface area contributed by atoms with E-state index < -0.39 is 16.1 Å². The number of nitrogens with one attached hydrogen (secondary N) is 2. The lowest BCUT2D eigenvalue weighted by atomic mass is 10.2. The van der Waals surface area contributed by atoms with E-state index in [4.69, 9.17) is 23.2 Å². The number of likely N-dealkylation sites (tertiary alicyclic amines) is 1. The molecule has 0 aliphatic carbocycles. The molecule has 30 heavy (non-hydrogen) atoms. The van der Waals surface area contributed by atoms with Crippen LogP contribution in [0.15, 0.2) is 53.4 Å². The third-order valence-electron chi connectivity index (χ3n) is 4.69. The highest BCUT2D eigenvalue weighted by Crippen LogP contribution is 2.24. The molecule has 1 fully saturated rings. The van der Waals surface area contributed by atoms with Crippen LogP contribution in [0.5, 0.6) is 0 Å². The first-order chi connectivity index (χ1) is 14.3. The van der Waals surface area contributed by atoms with Crippen LogP contribution in [0.2, 0.25) is 10.0 Å². The first-order valence-corrected chi connectivity index (χ1v) is 11.6. The summed E-state index contributed by atoms with van der Waals surface area (Å²) in [5.74, 6) is -0.614. The maximum Gasteiger partial charge on any atom is 0.247 e. The van der Waals surface area contributed by atoms with Crippen LogP contribution in [0.3, 0.4) is 0 Å². The van der Waals surface area contributed by atoms with E-state index >= 15 is 0 Å². The second kappa shape index (κ2) is 9.78. The van der Waals surface area contributed by atoms with Gasteiger partial charge in [-0.3, -0.25) is 9.59 Å². The average molecular weight is 470 g/mol. The molecule has 0 bridgehead atoms. The third kappa shape index (κ3) is 5.72. The van der Waals surface area contributed by atoms with Crippen molar-refractivity contribution in [3.8, 4) is 0 Å². The van der Waals surface area contributed by atoms with Crippen LogP contribution in [-0.2, 0) is 19.6 Å². The topological polar surface area (TPSA) is 95.6 Å². The number of anilines is 1. The van der Waals surface area contributed by atoms with Gasteiger partial charge in [0, 0.05) is 35.2 Å². The van der Waals surface area contributed by atoms with Gasteiger partial charge in [0.15, 0.2) is 0 Å². The molecule has 1 aliphatic rings. The Labute approximate surface area is 185 Å². The molecule has 3 rings (SSSR count). The fourth-order valence-electron chi connectivity index (χ4n) is 3.31. The van der Waals surface area contributed by atoms with Gasteiger partial charge in [-0.2, -0.15) is 0 Å². The number of carbonyl (C=O) groups excluding carboxylic acids is 2. The van der Waals surface area contributed by atoms with Crippen molar-refractivity contribution in [3.63, 3.8) is 0 Å². The first-order valence-electron chi connectivity index (χ1n) is 9.37. The number of hydrogen-bond donors (Lipinski definition) is 2. The highest BCUT2D eigenvalue weighted by atomic mass is 35.5. The zero-order chi connectivity index (χ0) is 21.7. The molecule has 1 unspecified atom stereocenters. The second-order valence-electron chi connectivity index (χ2n) is 6.85. The van der Waals surface area contributed by atoms with E-state index in [1.807, 2.05) is 0 Å². The Morgan fingerprint density at radius 1 is 1.07 bits per heavy atom. The number of amides is 2. The summed E-state index contributed by atoms with van der Waals surface area (Å²) < 4.78 is 26.9. The van der Waals surface area contributed by atoms with Gasteiger partial charge in [0.25, 0.3) is 0 Å². The first kappa shape index (κ1) is 22.6. The largest absolute Gasteiger partial charge is 0.331 e. The smallest absolute Gasteiger partial charge is 0.247 e. The monoisotopic (exact) mass is 469 g/mol. The second-order valence-corrected chi connectivity index (χ2v) is 9.49. The van der Waals surface area contributed by atoms with Crippen molar-refractivity contribution in [2.45, 2.75) is 30.2 Å². The summed E-state index contributed by atoms with van der Waals surface area (Å²) in [6.07, 6.45) is 1.18. The van der Waals surface area contributed by atoms with Crippen molar-refractivity contribution in [2.75, 3.05) is 18.4 Å². The van der Waals surface area contributed by atoms with E-state index in [-0.39, 0.29) is 29.7 Å². The molecule has 1 aliphatic heterocycles. The van der Waals surface area contributed by atoms with E-state index in [0.717, 1.165) is 0 Å². The Balaban J connectivity index is 1.57. The van der Waals surface area contributed by atoms with Crippen LogP contribution in [0, 0.1) is 0 Å². The summed E-state index contributed by atoms with van der Waals surface area (Å²) in [5, 5.41) is 3.52. The fraction of sp³-hybridized carbons (Fsp3) is 0.300. The molecule has 0 radical (unpaired) electrons. The van der Waals surface area contributed by atoms with E-state index in [0.29, 0.717) is 35.1 Å². The van der Waals surface area contributed by atoms with E-state index in [1.165, 1.54) is 17.0 Å². The zero-order valence-electron chi connectivity index (χ0n) is 16.0. The summed E-state index contributed by atoms with van der Waals surface area (Å²) >= 11 is 11.9. The van der Waals surface area contributed by atoms with Crippen molar-refractivity contribution < 1.29 is 18.0 Å². The molecule has 1 atom stereocenters. The molecule has 7 nitrogen and oxygen atoms in total. The normalized spacial score (nSPS) is 16.5. The average Bonchev–Trinajstić information content (AvgIpc) is 3.18. The van der Waals surface area contributed by atoms with Crippen molar-refractivity contribution in [2.24, 2.45) is 0 Å². The van der Waals surface area contributed by atoms with Crippen LogP contribution in [0.25, 0.3) is 0 Å². The number of benzene rings is 2. The number of carbonyl (C=O) groups is 2. The van der Waals surface area contributed by atoms with Gasteiger partial charge >= 0.3 is 0 Å². The Kier molecular flexibility index (Phi) is 7.36. The van der Waals surface area contributed by atoms with Gasteiger partial charge in [-0.25, -0.2) is 13.1 Å². The van der Waals surface area contributed by atoms with Crippen molar-refractivity contribution >= 4 is 50.7 Å². The maximum atomic E-state index is 12.7. The van der Waals surface area contributed by atoms with E-state index in [1.54, 1.807) is 36.4 Å². The van der Waals surface area contributed by atoms with Crippen molar-refractivity contribution in [1.82, 2.24) is 9.62 Å². The Hall–Kier alpha value is -2.13. The fourth-order valence-corrected chi connectivity index (χ4v) is 4.89. The molecule has 1 saturated heterocycles. The molecule has 0 spiro atoms. The SMILES string of the molecule is O=C(Nc1cc(Cl)cc(Cl)c1)C1CCCN1C(=O)CCNS(=O)(=O)c1ccccc1.